The maximum atomic E-state index is 5.99. The highest BCUT2D eigenvalue weighted by Crippen LogP contribution is 2.43. The standard InChI is InChI=1S/C18H21Cl/c1-17(2,14-8-6-5-7-9-14)18(3,4)15-10-12-16(19)13-11-15/h5-13H,1-4H3. The Bertz CT molecular complexity index is 536. The molecule has 0 aliphatic heterocycles. The molecule has 0 fully saturated rings. The van der Waals surface area contributed by atoms with Crippen molar-refractivity contribution in [3.63, 3.8) is 0 Å². The third-order valence-corrected chi connectivity index (χ3v) is 4.88. The monoisotopic (exact) mass is 272 g/mol. The number of hydrogen-bond donors (Lipinski definition) is 0. The molecule has 0 amide bonds. The van der Waals surface area contributed by atoms with E-state index in [1.54, 1.807) is 0 Å². The van der Waals surface area contributed by atoms with Gasteiger partial charge in [0.15, 0.2) is 0 Å². The van der Waals surface area contributed by atoms with Crippen molar-refractivity contribution in [2.75, 3.05) is 0 Å². The van der Waals surface area contributed by atoms with Crippen LogP contribution >= 0.6 is 11.6 Å². The first-order valence-electron chi connectivity index (χ1n) is 6.67. The van der Waals surface area contributed by atoms with E-state index >= 15 is 0 Å². The molecule has 100 valence electrons. The van der Waals surface area contributed by atoms with E-state index in [-0.39, 0.29) is 10.8 Å². The summed E-state index contributed by atoms with van der Waals surface area (Å²) in [5, 5.41) is 0.789. The van der Waals surface area contributed by atoms with Gasteiger partial charge in [0.2, 0.25) is 0 Å². The van der Waals surface area contributed by atoms with Crippen LogP contribution in [0.15, 0.2) is 54.6 Å². The second-order valence-corrected chi connectivity index (χ2v) is 6.56. The van der Waals surface area contributed by atoms with Crippen LogP contribution in [-0.2, 0) is 10.8 Å². The summed E-state index contributed by atoms with van der Waals surface area (Å²) >= 11 is 5.99. The van der Waals surface area contributed by atoms with Crippen LogP contribution in [0.4, 0.5) is 0 Å². The van der Waals surface area contributed by atoms with Crippen molar-refractivity contribution in [3.05, 3.63) is 70.7 Å². The molecular weight excluding hydrogens is 252 g/mol. The molecule has 2 aromatic rings. The van der Waals surface area contributed by atoms with Crippen molar-refractivity contribution in [1.29, 1.82) is 0 Å². The van der Waals surface area contributed by atoms with Gasteiger partial charge in [-0.2, -0.15) is 0 Å². The van der Waals surface area contributed by atoms with E-state index in [4.69, 9.17) is 11.6 Å². The summed E-state index contributed by atoms with van der Waals surface area (Å²) in [5.41, 5.74) is 2.74. The van der Waals surface area contributed by atoms with Gasteiger partial charge < -0.3 is 0 Å². The van der Waals surface area contributed by atoms with Gasteiger partial charge in [0, 0.05) is 5.02 Å². The van der Waals surface area contributed by atoms with E-state index in [0.717, 1.165) is 5.02 Å². The van der Waals surface area contributed by atoms with Gasteiger partial charge in [-0.3, -0.25) is 0 Å². The topological polar surface area (TPSA) is 0 Å². The fourth-order valence-electron chi connectivity index (χ4n) is 2.44. The van der Waals surface area contributed by atoms with E-state index in [1.165, 1.54) is 11.1 Å². The molecule has 0 saturated carbocycles. The van der Waals surface area contributed by atoms with Crippen LogP contribution < -0.4 is 0 Å². The lowest BCUT2D eigenvalue weighted by Crippen LogP contribution is -2.40. The van der Waals surface area contributed by atoms with Gasteiger partial charge in [-0.25, -0.2) is 0 Å². The number of benzene rings is 2. The lowest BCUT2D eigenvalue weighted by molar-refractivity contribution is 0.303. The molecular formula is C18H21Cl. The van der Waals surface area contributed by atoms with Crippen LogP contribution in [0, 0.1) is 0 Å². The molecule has 0 atom stereocenters. The molecule has 0 aromatic heterocycles. The van der Waals surface area contributed by atoms with Crippen molar-refractivity contribution in [3.8, 4) is 0 Å². The van der Waals surface area contributed by atoms with Crippen LogP contribution in [0.2, 0.25) is 5.02 Å². The minimum Gasteiger partial charge on any atom is -0.0843 e. The molecule has 19 heavy (non-hydrogen) atoms. The minimum atomic E-state index is 0.0267. The zero-order chi connectivity index (χ0) is 14.1. The van der Waals surface area contributed by atoms with Crippen LogP contribution in [-0.4, -0.2) is 0 Å². The quantitative estimate of drug-likeness (QED) is 0.683. The Balaban J connectivity index is 2.46. The summed E-state index contributed by atoms with van der Waals surface area (Å²) in [6.07, 6.45) is 0. The largest absolute Gasteiger partial charge is 0.0843 e. The normalized spacial score (nSPS) is 12.5. The molecule has 0 aliphatic rings. The Kier molecular flexibility index (Phi) is 3.73. The summed E-state index contributed by atoms with van der Waals surface area (Å²) in [7, 11) is 0. The van der Waals surface area contributed by atoms with Gasteiger partial charge in [0.25, 0.3) is 0 Å². The van der Waals surface area contributed by atoms with E-state index in [1.807, 2.05) is 12.1 Å². The van der Waals surface area contributed by atoms with Gasteiger partial charge in [-0.1, -0.05) is 81.8 Å². The summed E-state index contributed by atoms with van der Waals surface area (Å²) in [5.74, 6) is 0. The molecule has 0 heterocycles. The minimum absolute atomic E-state index is 0.0267. The Morgan fingerprint density at radius 2 is 1.05 bits per heavy atom. The fourth-order valence-corrected chi connectivity index (χ4v) is 2.57. The lowest BCUT2D eigenvalue weighted by Gasteiger charge is -2.43. The predicted octanol–water partition coefficient (Wildman–Crippen LogP) is 5.60. The van der Waals surface area contributed by atoms with Crippen molar-refractivity contribution < 1.29 is 0 Å². The maximum absolute atomic E-state index is 5.99. The first-order valence-corrected chi connectivity index (χ1v) is 7.05. The lowest BCUT2D eigenvalue weighted by atomic mass is 9.61. The predicted molar refractivity (Wildman–Crippen MR) is 83.9 cm³/mol. The zero-order valence-corrected chi connectivity index (χ0v) is 12.8. The van der Waals surface area contributed by atoms with Crippen LogP contribution in [0.5, 0.6) is 0 Å². The molecule has 2 aromatic carbocycles. The van der Waals surface area contributed by atoms with Gasteiger partial charge in [-0.05, 0) is 34.1 Å². The maximum Gasteiger partial charge on any atom is 0.0406 e. The third-order valence-electron chi connectivity index (χ3n) is 4.62. The van der Waals surface area contributed by atoms with E-state index in [9.17, 15) is 0 Å². The van der Waals surface area contributed by atoms with Crippen LogP contribution in [0.25, 0.3) is 0 Å². The Morgan fingerprint density at radius 3 is 1.53 bits per heavy atom. The molecule has 0 spiro atoms. The summed E-state index contributed by atoms with van der Waals surface area (Å²) in [6, 6.07) is 18.9. The first kappa shape index (κ1) is 14.1. The second-order valence-electron chi connectivity index (χ2n) is 6.12. The molecule has 0 N–H and O–H groups in total. The first-order chi connectivity index (χ1) is 8.85. The van der Waals surface area contributed by atoms with Gasteiger partial charge in [0.05, 0.1) is 0 Å². The molecule has 2 rings (SSSR count). The molecule has 0 saturated heterocycles. The van der Waals surface area contributed by atoms with E-state index in [0.29, 0.717) is 0 Å². The smallest absolute Gasteiger partial charge is 0.0406 e. The molecule has 0 bridgehead atoms. The number of halogens is 1. The van der Waals surface area contributed by atoms with E-state index < -0.39 is 0 Å². The average Bonchev–Trinajstić information content (AvgIpc) is 2.40. The van der Waals surface area contributed by atoms with Crippen molar-refractivity contribution >= 4 is 11.6 Å². The highest BCUT2D eigenvalue weighted by Gasteiger charge is 2.39. The van der Waals surface area contributed by atoms with Crippen molar-refractivity contribution in [2.45, 2.75) is 38.5 Å². The number of rotatable bonds is 3. The Labute approximate surface area is 121 Å². The number of hydrogen-bond acceptors (Lipinski definition) is 0. The van der Waals surface area contributed by atoms with Crippen molar-refractivity contribution in [2.24, 2.45) is 0 Å². The van der Waals surface area contributed by atoms with Crippen LogP contribution in [0.1, 0.15) is 38.8 Å². The molecule has 0 unspecified atom stereocenters. The summed E-state index contributed by atoms with van der Waals surface area (Å²) in [6.45, 7) is 9.19. The summed E-state index contributed by atoms with van der Waals surface area (Å²) < 4.78 is 0. The fraction of sp³-hybridized carbons (Fsp3) is 0.333. The van der Waals surface area contributed by atoms with Crippen molar-refractivity contribution in [1.82, 2.24) is 0 Å². The SMILES string of the molecule is CC(C)(c1ccccc1)C(C)(C)c1ccc(Cl)cc1. The molecule has 0 radical (unpaired) electrons. The zero-order valence-electron chi connectivity index (χ0n) is 12.1. The molecule has 0 nitrogen and oxygen atoms in total. The molecule has 1 heteroatoms. The Morgan fingerprint density at radius 1 is 0.632 bits per heavy atom. The highest BCUT2D eigenvalue weighted by atomic mass is 35.5. The van der Waals surface area contributed by atoms with Gasteiger partial charge in [-0.15, -0.1) is 0 Å². The summed E-state index contributed by atoms with van der Waals surface area (Å²) in [4.78, 5) is 0. The van der Waals surface area contributed by atoms with Crippen LogP contribution in [0.3, 0.4) is 0 Å². The third kappa shape index (κ3) is 2.55. The average molecular weight is 273 g/mol. The Hall–Kier alpha value is -1.27. The second kappa shape index (κ2) is 5.02. The highest BCUT2D eigenvalue weighted by molar-refractivity contribution is 6.30. The van der Waals surface area contributed by atoms with E-state index in [2.05, 4.69) is 70.2 Å². The van der Waals surface area contributed by atoms with Gasteiger partial charge >= 0.3 is 0 Å². The van der Waals surface area contributed by atoms with Gasteiger partial charge in [0.1, 0.15) is 0 Å². The molecule has 0 aliphatic carbocycles.